The molecule has 1 aromatic rings. The Hall–Kier alpha value is -0.850. The van der Waals surface area contributed by atoms with Crippen molar-refractivity contribution in [3.63, 3.8) is 0 Å². The Morgan fingerprint density at radius 1 is 1.28 bits per heavy atom. The van der Waals surface area contributed by atoms with E-state index in [9.17, 15) is 0 Å². The molecule has 0 aromatic heterocycles. The first-order valence-corrected chi connectivity index (χ1v) is 7.98. The molecule has 2 nitrogen and oxygen atoms in total. The first-order valence-electron chi connectivity index (χ1n) is 6.21. The van der Waals surface area contributed by atoms with Crippen LogP contribution in [-0.4, -0.2) is 18.6 Å². The van der Waals surface area contributed by atoms with E-state index in [1.165, 1.54) is 25.0 Å². The average molecular weight is 283 g/mol. The zero-order valence-electron chi connectivity index (χ0n) is 10.7. The summed E-state index contributed by atoms with van der Waals surface area (Å²) in [6.45, 7) is 0.897. The van der Waals surface area contributed by atoms with E-state index in [-0.39, 0.29) is 0 Å². The van der Waals surface area contributed by atoms with Gasteiger partial charge >= 0.3 is 0 Å². The predicted molar refractivity (Wildman–Crippen MR) is 81.5 cm³/mol. The fraction of sp³-hybridized carbons (Fsp3) is 0.500. The van der Waals surface area contributed by atoms with Crippen molar-refractivity contribution in [2.75, 3.05) is 23.9 Å². The number of halogens is 1. The van der Waals surface area contributed by atoms with Crippen LogP contribution in [0.3, 0.4) is 0 Å². The van der Waals surface area contributed by atoms with Crippen LogP contribution in [0, 0.1) is 11.3 Å². The van der Waals surface area contributed by atoms with Crippen molar-refractivity contribution < 1.29 is 0 Å². The van der Waals surface area contributed by atoms with Crippen LogP contribution in [0.1, 0.15) is 31.2 Å². The van der Waals surface area contributed by atoms with Crippen LogP contribution in [0.5, 0.6) is 0 Å². The average Bonchev–Trinajstić information content (AvgIpc) is 2.38. The molecule has 1 aromatic carbocycles. The molecule has 0 bridgehead atoms. The van der Waals surface area contributed by atoms with Crippen LogP contribution >= 0.6 is 23.4 Å². The van der Waals surface area contributed by atoms with Crippen molar-refractivity contribution in [3.05, 3.63) is 28.8 Å². The molecule has 0 aliphatic carbocycles. The van der Waals surface area contributed by atoms with Crippen molar-refractivity contribution in [3.8, 4) is 6.07 Å². The van der Waals surface area contributed by atoms with Crippen LogP contribution in [0.15, 0.2) is 18.2 Å². The lowest BCUT2D eigenvalue weighted by molar-refractivity contribution is 0.689. The fourth-order valence-corrected chi connectivity index (χ4v) is 2.44. The number of unbranched alkanes of at least 4 members (excludes halogenated alkanes) is 3. The molecule has 1 rings (SSSR count). The predicted octanol–water partition coefficient (Wildman–Crippen LogP) is 4.55. The molecule has 0 fully saturated rings. The standard InChI is InChI=1S/C14H19ClN2S/c1-18-10-5-3-2-4-9-17-14-8-6-7-13(15)12(14)11-16/h6-8,17H,2-5,9-10H2,1H3. The maximum atomic E-state index is 9.02. The quantitative estimate of drug-likeness (QED) is 0.711. The number of nitrogens with zero attached hydrogens (tertiary/aromatic N) is 1. The van der Waals surface area contributed by atoms with Crippen molar-refractivity contribution in [1.82, 2.24) is 0 Å². The number of nitrogens with one attached hydrogen (secondary N) is 1. The highest BCUT2D eigenvalue weighted by molar-refractivity contribution is 7.98. The Kier molecular flexibility index (Phi) is 7.71. The van der Waals surface area contributed by atoms with Crippen LogP contribution in [-0.2, 0) is 0 Å². The molecule has 0 saturated heterocycles. The molecule has 0 amide bonds. The van der Waals surface area contributed by atoms with E-state index in [1.54, 1.807) is 6.07 Å². The summed E-state index contributed by atoms with van der Waals surface area (Å²) >= 11 is 7.86. The third kappa shape index (κ3) is 5.20. The minimum atomic E-state index is 0.516. The monoisotopic (exact) mass is 282 g/mol. The van der Waals surface area contributed by atoms with Crippen molar-refractivity contribution in [2.24, 2.45) is 0 Å². The first kappa shape index (κ1) is 15.2. The van der Waals surface area contributed by atoms with Crippen molar-refractivity contribution in [1.29, 1.82) is 5.26 Å². The Balaban J connectivity index is 2.28. The summed E-state index contributed by atoms with van der Waals surface area (Å²) in [5.41, 5.74) is 1.38. The molecule has 4 heteroatoms. The number of benzene rings is 1. The minimum absolute atomic E-state index is 0.516. The van der Waals surface area contributed by atoms with Crippen molar-refractivity contribution >= 4 is 29.1 Å². The van der Waals surface area contributed by atoms with Gasteiger partial charge in [0.2, 0.25) is 0 Å². The van der Waals surface area contributed by atoms with Gasteiger partial charge in [0.15, 0.2) is 0 Å². The van der Waals surface area contributed by atoms with E-state index in [1.807, 2.05) is 23.9 Å². The summed E-state index contributed by atoms with van der Waals surface area (Å²) < 4.78 is 0. The molecular weight excluding hydrogens is 264 g/mol. The molecule has 98 valence electrons. The van der Waals surface area contributed by atoms with Gasteiger partial charge in [-0.05, 0) is 37.0 Å². The topological polar surface area (TPSA) is 35.8 Å². The molecule has 0 heterocycles. The molecule has 0 saturated carbocycles. The first-order chi connectivity index (χ1) is 8.79. The van der Waals surface area contributed by atoms with E-state index < -0.39 is 0 Å². The SMILES string of the molecule is CSCCCCCCNc1cccc(Cl)c1C#N. The summed E-state index contributed by atoms with van der Waals surface area (Å²) in [5, 5.41) is 12.8. The van der Waals surface area contributed by atoms with Gasteiger partial charge in [0.25, 0.3) is 0 Å². The molecule has 0 unspecified atom stereocenters. The molecule has 0 spiro atoms. The van der Waals surface area contributed by atoms with E-state index in [4.69, 9.17) is 16.9 Å². The molecule has 0 aliphatic heterocycles. The molecule has 1 N–H and O–H groups in total. The second-order valence-corrected chi connectivity index (χ2v) is 5.50. The number of hydrogen-bond donors (Lipinski definition) is 1. The highest BCUT2D eigenvalue weighted by Crippen LogP contribution is 2.23. The number of hydrogen-bond acceptors (Lipinski definition) is 3. The van der Waals surface area contributed by atoms with Crippen LogP contribution in [0.2, 0.25) is 5.02 Å². The van der Waals surface area contributed by atoms with Gasteiger partial charge < -0.3 is 5.32 Å². The molecular formula is C14H19ClN2S. The Labute approximate surface area is 119 Å². The molecule has 18 heavy (non-hydrogen) atoms. The smallest absolute Gasteiger partial charge is 0.103 e. The van der Waals surface area contributed by atoms with Gasteiger partial charge in [-0.3, -0.25) is 0 Å². The second-order valence-electron chi connectivity index (χ2n) is 4.11. The summed E-state index contributed by atoms with van der Waals surface area (Å²) in [7, 11) is 0. The van der Waals surface area contributed by atoms with Gasteiger partial charge in [0.1, 0.15) is 6.07 Å². The van der Waals surface area contributed by atoms with E-state index in [2.05, 4.69) is 17.6 Å². The number of anilines is 1. The van der Waals surface area contributed by atoms with E-state index in [0.29, 0.717) is 10.6 Å². The molecule has 0 atom stereocenters. The second kappa shape index (κ2) is 9.13. The Bertz CT molecular complexity index is 401. The van der Waals surface area contributed by atoms with Gasteiger partial charge in [-0.15, -0.1) is 0 Å². The largest absolute Gasteiger partial charge is 0.384 e. The maximum Gasteiger partial charge on any atom is 0.103 e. The number of thioether (sulfide) groups is 1. The highest BCUT2D eigenvalue weighted by atomic mass is 35.5. The summed E-state index contributed by atoms with van der Waals surface area (Å²) in [6.07, 6.45) is 7.08. The lowest BCUT2D eigenvalue weighted by atomic mass is 10.1. The summed E-state index contributed by atoms with van der Waals surface area (Å²) in [6, 6.07) is 7.65. The molecule has 0 aliphatic rings. The van der Waals surface area contributed by atoms with Gasteiger partial charge in [0, 0.05) is 6.54 Å². The third-order valence-corrected chi connectivity index (χ3v) is 3.73. The highest BCUT2D eigenvalue weighted by Gasteiger charge is 2.04. The Morgan fingerprint density at radius 2 is 2.06 bits per heavy atom. The van der Waals surface area contributed by atoms with Gasteiger partial charge in [-0.2, -0.15) is 17.0 Å². The fourth-order valence-electron chi connectivity index (χ4n) is 1.73. The lowest BCUT2D eigenvalue weighted by Gasteiger charge is -2.08. The van der Waals surface area contributed by atoms with E-state index >= 15 is 0 Å². The number of nitriles is 1. The van der Waals surface area contributed by atoms with Gasteiger partial charge in [-0.25, -0.2) is 0 Å². The zero-order valence-corrected chi connectivity index (χ0v) is 12.3. The van der Waals surface area contributed by atoms with Gasteiger partial charge in [0.05, 0.1) is 16.3 Å². The zero-order chi connectivity index (χ0) is 13.2. The van der Waals surface area contributed by atoms with Crippen LogP contribution in [0.4, 0.5) is 5.69 Å². The van der Waals surface area contributed by atoms with Gasteiger partial charge in [-0.1, -0.05) is 30.5 Å². The summed E-state index contributed by atoms with van der Waals surface area (Å²) in [5.74, 6) is 1.25. The normalized spacial score (nSPS) is 10.1. The van der Waals surface area contributed by atoms with Crippen LogP contribution < -0.4 is 5.32 Å². The van der Waals surface area contributed by atoms with Crippen molar-refractivity contribution in [2.45, 2.75) is 25.7 Å². The Morgan fingerprint density at radius 3 is 2.78 bits per heavy atom. The third-order valence-electron chi connectivity index (χ3n) is 2.72. The number of rotatable bonds is 8. The molecule has 0 radical (unpaired) electrons. The minimum Gasteiger partial charge on any atom is -0.384 e. The van der Waals surface area contributed by atoms with Crippen LogP contribution in [0.25, 0.3) is 0 Å². The summed E-state index contributed by atoms with van der Waals surface area (Å²) in [4.78, 5) is 0. The maximum absolute atomic E-state index is 9.02. The van der Waals surface area contributed by atoms with E-state index in [0.717, 1.165) is 18.7 Å². The lowest BCUT2D eigenvalue weighted by Crippen LogP contribution is -2.03.